The number of H-pyrrole nitrogens is 1. The highest BCUT2D eigenvalue weighted by Crippen LogP contribution is 2.35. The number of benzene rings is 1. The van der Waals surface area contributed by atoms with Crippen molar-refractivity contribution in [1.29, 1.82) is 0 Å². The van der Waals surface area contributed by atoms with Crippen molar-refractivity contribution in [3.05, 3.63) is 54.2 Å². The number of piperidine rings is 1. The van der Waals surface area contributed by atoms with Crippen LogP contribution < -0.4 is 10.6 Å². The molecule has 1 aromatic carbocycles. The first-order valence-electron chi connectivity index (χ1n) is 10.1. The summed E-state index contributed by atoms with van der Waals surface area (Å²) in [5.74, 6) is 1.49. The van der Waals surface area contributed by atoms with Crippen molar-refractivity contribution >= 4 is 28.4 Å². The molecule has 0 unspecified atom stereocenters. The van der Waals surface area contributed by atoms with Crippen molar-refractivity contribution in [2.24, 2.45) is 0 Å². The zero-order valence-electron chi connectivity index (χ0n) is 16.3. The Labute approximate surface area is 169 Å². The van der Waals surface area contributed by atoms with Crippen LogP contribution in [0.1, 0.15) is 18.4 Å². The van der Waals surface area contributed by atoms with Crippen molar-refractivity contribution in [3.63, 3.8) is 0 Å². The summed E-state index contributed by atoms with van der Waals surface area (Å²) in [6.07, 6.45) is 3.64. The van der Waals surface area contributed by atoms with E-state index in [-0.39, 0.29) is 18.1 Å². The Balaban J connectivity index is 1.39. The SMILES string of the molecule is Nc1cccc(N2CCC3(CC2)COCC(=O)N3Cc2cccc3[nH]ccc23)n1. The summed E-state index contributed by atoms with van der Waals surface area (Å²) in [4.78, 5) is 24.9. The highest BCUT2D eigenvalue weighted by molar-refractivity contribution is 5.84. The van der Waals surface area contributed by atoms with Crippen LogP contribution >= 0.6 is 0 Å². The van der Waals surface area contributed by atoms with Gasteiger partial charge in [0.05, 0.1) is 12.1 Å². The molecule has 0 radical (unpaired) electrons. The average Bonchev–Trinajstić information content (AvgIpc) is 3.21. The molecule has 3 aromatic rings. The minimum atomic E-state index is -0.273. The second-order valence-corrected chi connectivity index (χ2v) is 7.96. The highest BCUT2D eigenvalue weighted by atomic mass is 16.5. The largest absolute Gasteiger partial charge is 0.384 e. The van der Waals surface area contributed by atoms with Gasteiger partial charge in [0.15, 0.2) is 0 Å². The van der Waals surface area contributed by atoms with Gasteiger partial charge in [-0.1, -0.05) is 18.2 Å². The Bertz CT molecular complexity index is 1040. The monoisotopic (exact) mass is 391 g/mol. The van der Waals surface area contributed by atoms with Crippen molar-refractivity contribution in [2.45, 2.75) is 24.9 Å². The number of morpholine rings is 1. The van der Waals surface area contributed by atoms with Gasteiger partial charge in [-0.15, -0.1) is 0 Å². The fourth-order valence-electron chi connectivity index (χ4n) is 4.65. The Morgan fingerprint density at radius 2 is 1.97 bits per heavy atom. The van der Waals surface area contributed by atoms with E-state index in [1.54, 1.807) is 6.07 Å². The maximum absolute atomic E-state index is 12.9. The Morgan fingerprint density at radius 1 is 1.14 bits per heavy atom. The molecule has 29 heavy (non-hydrogen) atoms. The second-order valence-electron chi connectivity index (χ2n) is 7.96. The van der Waals surface area contributed by atoms with Gasteiger partial charge in [0, 0.05) is 36.7 Å². The lowest BCUT2D eigenvalue weighted by atomic mass is 9.84. The normalized spacial score (nSPS) is 19.2. The summed E-state index contributed by atoms with van der Waals surface area (Å²) < 4.78 is 5.72. The predicted molar refractivity (Wildman–Crippen MR) is 112 cm³/mol. The number of nitrogens with zero attached hydrogens (tertiary/aromatic N) is 3. The third-order valence-electron chi connectivity index (χ3n) is 6.26. The van der Waals surface area contributed by atoms with Gasteiger partial charge in [-0.3, -0.25) is 4.79 Å². The van der Waals surface area contributed by atoms with Gasteiger partial charge in [-0.25, -0.2) is 4.98 Å². The molecule has 3 N–H and O–H groups in total. The predicted octanol–water partition coefficient (Wildman–Crippen LogP) is 2.54. The number of aromatic nitrogens is 2. The zero-order chi connectivity index (χ0) is 19.8. The number of carbonyl (C=O) groups is 1. The third kappa shape index (κ3) is 3.21. The fourth-order valence-corrected chi connectivity index (χ4v) is 4.65. The van der Waals surface area contributed by atoms with E-state index in [0.717, 1.165) is 37.3 Å². The molecule has 7 nitrogen and oxygen atoms in total. The van der Waals surface area contributed by atoms with E-state index in [9.17, 15) is 4.79 Å². The second kappa shape index (κ2) is 7.08. The number of nitrogen functional groups attached to an aromatic ring is 1. The molecule has 2 aliphatic heterocycles. The molecule has 2 fully saturated rings. The van der Waals surface area contributed by atoms with Gasteiger partial charge in [-0.2, -0.15) is 0 Å². The van der Waals surface area contributed by atoms with E-state index in [0.29, 0.717) is 19.0 Å². The first-order chi connectivity index (χ1) is 14.1. The van der Waals surface area contributed by atoms with Gasteiger partial charge >= 0.3 is 0 Å². The molecule has 0 saturated carbocycles. The molecule has 0 atom stereocenters. The minimum absolute atomic E-state index is 0.0688. The van der Waals surface area contributed by atoms with E-state index >= 15 is 0 Å². The molecule has 4 heterocycles. The number of hydrogen-bond donors (Lipinski definition) is 2. The lowest BCUT2D eigenvalue weighted by Crippen LogP contribution is -2.63. The van der Waals surface area contributed by atoms with E-state index in [1.807, 2.05) is 24.4 Å². The molecular formula is C22H25N5O2. The van der Waals surface area contributed by atoms with Crippen LogP contribution in [0.2, 0.25) is 0 Å². The molecule has 1 amide bonds. The molecule has 2 aliphatic rings. The van der Waals surface area contributed by atoms with E-state index in [4.69, 9.17) is 10.5 Å². The molecular weight excluding hydrogens is 366 g/mol. The molecule has 0 bridgehead atoms. The maximum Gasteiger partial charge on any atom is 0.249 e. The number of nitrogens with two attached hydrogens (primary N) is 1. The number of hydrogen-bond acceptors (Lipinski definition) is 5. The molecule has 150 valence electrons. The number of pyridine rings is 1. The number of ether oxygens (including phenoxy) is 1. The number of fused-ring (bicyclic) bond motifs is 1. The van der Waals surface area contributed by atoms with Crippen LogP contribution in [0.15, 0.2) is 48.7 Å². The molecule has 2 aromatic heterocycles. The lowest BCUT2D eigenvalue weighted by Gasteiger charge is -2.51. The van der Waals surface area contributed by atoms with Crippen molar-refractivity contribution < 1.29 is 9.53 Å². The Morgan fingerprint density at radius 3 is 2.79 bits per heavy atom. The first kappa shape index (κ1) is 18.0. The van der Waals surface area contributed by atoms with Crippen LogP contribution in [0.5, 0.6) is 0 Å². The topological polar surface area (TPSA) is 87.5 Å². The molecule has 1 spiro atoms. The molecule has 7 heteroatoms. The quantitative estimate of drug-likeness (QED) is 0.716. The van der Waals surface area contributed by atoms with Crippen LogP contribution in [0, 0.1) is 0 Å². The Kier molecular flexibility index (Phi) is 4.39. The number of nitrogens with one attached hydrogen (secondary N) is 1. The molecule has 2 saturated heterocycles. The smallest absolute Gasteiger partial charge is 0.249 e. The van der Waals surface area contributed by atoms with Crippen molar-refractivity contribution in [2.75, 3.05) is 36.9 Å². The molecule has 0 aliphatic carbocycles. The van der Waals surface area contributed by atoms with Gasteiger partial charge in [0.25, 0.3) is 0 Å². The summed E-state index contributed by atoms with van der Waals surface area (Å²) in [7, 11) is 0. The van der Waals surface area contributed by atoms with Crippen molar-refractivity contribution in [3.8, 4) is 0 Å². The van der Waals surface area contributed by atoms with Gasteiger partial charge in [0.1, 0.15) is 18.2 Å². The van der Waals surface area contributed by atoms with Crippen LogP contribution in [-0.2, 0) is 16.1 Å². The maximum atomic E-state index is 12.9. The first-order valence-corrected chi connectivity index (χ1v) is 10.1. The van der Waals surface area contributed by atoms with E-state index in [1.165, 1.54) is 10.9 Å². The third-order valence-corrected chi connectivity index (χ3v) is 6.26. The van der Waals surface area contributed by atoms with Crippen LogP contribution in [0.25, 0.3) is 10.9 Å². The number of aromatic amines is 1. The summed E-state index contributed by atoms with van der Waals surface area (Å²) in [6.45, 7) is 2.98. The fraction of sp³-hybridized carbons (Fsp3) is 0.364. The van der Waals surface area contributed by atoms with E-state index in [2.05, 4.69) is 38.0 Å². The number of anilines is 2. The summed E-state index contributed by atoms with van der Waals surface area (Å²) in [5, 5.41) is 1.17. The van der Waals surface area contributed by atoms with Crippen LogP contribution in [0.3, 0.4) is 0 Å². The van der Waals surface area contributed by atoms with Crippen LogP contribution in [-0.4, -0.2) is 52.6 Å². The minimum Gasteiger partial charge on any atom is -0.384 e. The van der Waals surface area contributed by atoms with Gasteiger partial charge < -0.3 is 25.3 Å². The summed E-state index contributed by atoms with van der Waals surface area (Å²) in [6, 6.07) is 14.0. The lowest BCUT2D eigenvalue weighted by molar-refractivity contribution is -0.161. The summed E-state index contributed by atoms with van der Waals surface area (Å²) >= 11 is 0. The zero-order valence-corrected chi connectivity index (χ0v) is 16.3. The van der Waals surface area contributed by atoms with Crippen molar-refractivity contribution in [1.82, 2.24) is 14.9 Å². The van der Waals surface area contributed by atoms with Gasteiger partial charge in [0.2, 0.25) is 5.91 Å². The van der Waals surface area contributed by atoms with Crippen LogP contribution in [0.4, 0.5) is 11.6 Å². The number of rotatable bonds is 3. The average molecular weight is 391 g/mol. The van der Waals surface area contributed by atoms with E-state index < -0.39 is 0 Å². The Hall–Kier alpha value is -3.06. The number of amides is 1. The highest BCUT2D eigenvalue weighted by Gasteiger charge is 2.45. The summed E-state index contributed by atoms with van der Waals surface area (Å²) in [5.41, 5.74) is 7.84. The standard InChI is InChI=1S/C22H25N5O2/c23-19-5-2-6-20(25-19)26-11-8-22(9-12-26)15-29-14-21(28)27(22)13-16-3-1-4-18-17(16)7-10-24-18/h1-7,10,24H,8-9,11-15H2,(H2,23,25). The number of carbonyl (C=O) groups excluding carboxylic acids is 1. The van der Waals surface area contributed by atoms with Gasteiger partial charge in [-0.05, 0) is 42.7 Å². The molecule has 5 rings (SSSR count).